The molecule has 0 bridgehead atoms. The minimum atomic E-state index is -0.350. The highest BCUT2D eigenvalue weighted by Crippen LogP contribution is 2.34. The summed E-state index contributed by atoms with van der Waals surface area (Å²) in [5.74, 6) is 1.37. The summed E-state index contributed by atoms with van der Waals surface area (Å²) in [6, 6.07) is 12.2. The van der Waals surface area contributed by atoms with Crippen molar-refractivity contribution in [2.24, 2.45) is 0 Å². The fraction of sp³-hybridized carbons (Fsp3) is 0.200. The van der Waals surface area contributed by atoms with Gasteiger partial charge in [0.15, 0.2) is 0 Å². The van der Waals surface area contributed by atoms with E-state index in [1.165, 1.54) is 17.7 Å². The van der Waals surface area contributed by atoms with Crippen LogP contribution in [0, 0.1) is 5.82 Å². The molecule has 0 radical (unpaired) electrons. The highest BCUT2D eigenvalue weighted by Gasteiger charge is 2.22. The first kappa shape index (κ1) is 15.6. The van der Waals surface area contributed by atoms with Gasteiger partial charge >= 0.3 is 0 Å². The SMILES string of the molecule is CC(C)c1ccc(-c2nc3c(c(=O)[nH]2)Cc2cc(F)ccc2O3)cc1. The Balaban J connectivity index is 1.75. The second-order valence-corrected chi connectivity index (χ2v) is 6.51. The zero-order valence-corrected chi connectivity index (χ0v) is 14.0. The van der Waals surface area contributed by atoms with E-state index < -0.39 is 0 Å². The van der Waals surface area contributed by atoms with E-state index >= 15 is 0 Å². The number of H-pyrrole nitrogens is 1. The molecule has 4 rings (SSSR count). The third-order valence-corrected chi connectivity index (χ3v) is 4.42. The van der Waals surface area contributed by atoms with Crippen molar-refractivity contribution < 1.29 is 9.13 Å². The Hall–Kier alpha value is -2.95. The van der Waals surface area contributed by atoms with Crippen LogP contribution in [-0.2, 0) is 6.42 Å². The van der Waals surface area contributed by atoms with Crippen LogP contribution < -0.4 is 10.3 Å². The van der Waals surface area contributed by atoms with Gasteiger partial charge in [-0.05, 0) is 29.7 Å². The molecule has 2 aromatic carbocycles. The smallest absolute Gasteiger partial charge is 0.258 e. The lowest BCUT2D eigenvalue weighted by Crippen LogP contribution is -2.20. The molecular formula is C20H17FN2O2. The van der Waals surface area contributed by atoms with Crippen molar-refractivity contribution in [1.29, 1.82) is 0 Å². The van der Waals surface area contributed by atoms with E-state index in [1.54, 1.807) is 6.07 Å². The van der Waals surface area contributed by atoms with Crippen LogP contribution in [0.3, 0.4) is 0 Å². The van der Waals surface area contributed by atoms with Gasteiger partial charge in [0.2, 0.25) is 5.88 Å². The van der Waals surface area contributed by atoms with Crippen molar-refractivity contribution in [3.63, 3.8) is 0 Å². The number of ether oxygens (including phenoxy) is 1. The number of fused-ring (bicyclic) bond motifs is 2. The standard InChI is InChI=1S/C20H17FN2O2/c1-11(2)12-3-5-13(6-4-12)18-22-19(24)16-10-14-9-15(21)7-8-17(14)25-20(16)23-18/h3-9,11H,10H2,1-2H3,(H,22,23,24). The Morgan fingerprint density at radius 3 is 2.64 bits per heavy atom. The summed E-state index contributed by atoms with van der Waals surface area (Å²) in [5.41, 5.74) is 2.84. The van der Waals surface area contributed by atoms with Gasteiger partial charge in [0.05, 0.1) is 5.56 Å². The van der Waals surface area contributed by atoms with Crippen LogP contribution in [0.15, 0.2) is 47.3 Å². The first-order chi connectivity index (χ1) is 12.0. The molecule has 2 heterocycles. The molecule has 25 heavy (non-hydrogen) atoms. The third-order valence-electron chi connectivity index (χ3n) is 4.42. The maximum Gasteiger partial charge on any atom is 0.258 e. The highest BCUT2D eigenvalue weighted by atomic mass is 19.1. The van der Waals surface area contributed by atoms with Crippen molar-refractivity contribution in [3.05, 3.63) is 75.3 Å². The van der Waals surface area contributed by atoms with E-state index in [-0.39, 0.29) is 17.3 Å². The number of nitrogens with zero attached hydrogens (tertiary/aromatic N) is 1. The molecule has 126 valence electrons. The average molecular weight is 336 g/mol. The number of benzene rings is 2. The summed E-state index contributed by atoms with van der Waals surface area (Å²) in [6.07, 6.45) is 0.303. The third kappa shape index (κ3) is 2.82. The summed E-state index contributed by atoms with van der Waals surface area (Å²) in [6.45, 7) is 4.25. The van der Waals surface area contributed by atoms with Crippen molar-refractivity contribution in [2.75, 3.05) is 0 Å². The zero-order chi connectivity index (χ0) is 17.6. The lowest BCUT2D eigenvalue weighted by atomic mass is 10.0. The molecule has 0 unspecified atom stereocenters. The van der Waals surface area contributed by atoms with Crippen molar-refractivity contribution in [1.82, 2.24) is 9.97 Å². The number of halogens is 1. The van der Waals surface area contributed by atoms with Gasteiger partial charge in [0.1, 0.15) is 17.4 Å². The quantitative estimate of drug-likeness (QED) is 0.590. The summed E-state index contributed by atoms with van der Waals surface area (Å²) in [5, 5.41) is 0. The zero-order valence-electron chi connectivity index (χ0n) is 14.0. The number of nitrogens with one attached hydrogen (secondary N) is 1. The van der Waals surface area contributed by atoms with Crippen LogP contribution in [0.2, 0.25) is 0 Å². The van der Waals surface area contributed by atoms with Gasteiger partial charge in [-0.15, -0.1) is 0 Å². The van der Waals surface area contributed by atoms with Crippen LogP contribution >= 0.6 is 0 Å². The first-order valence-electron chi connectivity index (χ1n) is 8.21. The van der Waals surface area contributed by atoms with Gasteiger partial charge < -0.3 is 9.72 Å². The van der Waals surface area contributed by atoms with Crippen molar-refractivity contribution in [2.45, 2.75) is 26.2 Å². The number of hydrogen-bond acceptors (Lipinski definition) is 3. The second kappa shape index (κ2) is 5.84. The Kier molecular flexibility index (Phi) is 3.64. The molecule has 1 N–H and O–H groups in total. The molecule has 1 aliphatic heterocycles. The van der Waals surface area contributed by atoms with E-state index in [4.69, 9.17) is 4.74 Å². The minimum Gasteiger partial charge on any atom is -0.438 e. The molecule has 0 saturated heterocycles. The fourth-order valence-electron chi connectivity index (χ4n) is 2.96. The number of aromatic amines is 1. The fourth-order valence-corrected chi connectivity index (χ4v) is 2.96. The maximum atomic E-state index is 13.4. The normalized spacial score (nSPS) is 12.5. The molecule has 4 nitrogen and oxygen atoms in total. The van der Waals surface area contributed by atoms with Crippen LogP contribution in [-0.4, -0.2) is 9.97 Å². The van der Waals surface area contributed by atoms with Gasteiger partial charge in [0.25, 0.3) is 5.56 Å². The lowest BCUT2D eigenvalue weighted by molar-refractivity contribution is 0.436. The van der Waals surface area contributed by atoms with Gasteiger partial charge in [0, 0.05) is 17.5 Å². The Bertz CT molecular complexity index is 1010. The number of rotatable bonds is 2. The Morgan fingerprint density at radius 2 is 1.92 bits per heavy atom. The van der Waals surface area contributed by atoms with Crippen LogP contribution in [0.5, 0.6) is 11.6 Å². The largest absolute Gasteiger partial charge is 0.438 e. The van der Waals surface area contributed by atoms with E-state index in [9.17, 15) is 9.18 Å². The molecule has 0 aliphatic carbocycles. The highest BCUT2D eigenvalue weighted by molar-refractivity contribution is 5.57. The van der Waals surface area contributed by atoms with Crippen LogP contribution in [0.25, 0.3) is 11.4 Å². The van der Waals surface area contributed by atoms with Gasteiger partial charge in [-0.2, -0.15) is 4.98 Å². The number of hydrogen-bond donors (Lipinski definition) is 1. The molecule has 1 aliphatic rings. The molecule has 0 spiro atoms. The Labute approximate surface area is 144 Å². The van der Waals surface area contributed by atoms with Crippen LogP contribution in [0.4, 0.5) is 4.39 Å². The Morgan fingerprint density at radius 1 is 1.16 bits per heavy atom. The van der Waals surface area contributed by atoms with E-state index in [1.807, 2.05) is 24.3 Å². The minimum absolute atomic E-state index is 0.261. The molecule has 0 amide bonds. The molecule has 0 fully saturated rings. The second-order valence-electron chi connectivity index (χ2n) is 6.51. The molecule has 0 atom stereocenters. The monoisotopic (exact) mass is 336 g/mol. The first-order valence-corrected chi connectivity index (χ1v) is 8.21. The van der Waals surface area contributed by atoms with Gasteiger partial charge in [-0.1, -0.05) is 38.1 Å². The predicted octanol–water partition coefficient (Wildman–Crippen LogP) is 4.40. The van der Waals surface area contributed by atoms with Gasteiger partial charge in [-0.3, -0.25) is 4.79 Å². The maximum absolute atomic E-state index is 13.4. The topological polar surface area (TPSA) is 55.0 Å². The van der Waals surface area contributed by atoms with E-state index in [0.29, 0.717) is 35.0 Å². The molecule has 3 aromatic rings. The van der Waals surface area contributed by atoms with Crippen LogP contribution in [0.1, 0.15) is 36.5 Å². The molecule has 0 saturated carbocycles. The van der Waals surface area contributed by atoms with E-state index in [2.05, 4.69) is 23.8 Å². The summed E-state index contributed by atoms with van der Waals surface area (Å²) in [4.78, 5) is 19.7. The average Bonchev–Trinajstić information content (AvgIpc) is 2.60. The summed E-state index contributed by atoms with van der Waals surface area (Å²) >= 11 is 0. The lowest BCUT2D eigenvalue weighted by Gasteiger charge is -2.19. The summed E-state index contributed by atoms with van der Waals surface area (Å²) < 4.78 is 19.1. The molecule has 5 heteroatoms. The van der Waals surface area contributed by atoms with Crippen molar-refractivity contribution >= 4 is 0 Å². The molecular weight excluding hydrogens is 319 g/mol. The van der Waals surface area contributed by atoms with Crippen molar-refractivity contribution in [3.8, 4) is 23.0 Å². The predicted molar refractivity (Wildman–Crippen MR) is 93.7 cm³/mol. The molecule has 1 aromatic heterocycles. The van der Waals surface area contributed by atoms with Gasteiger partial charge in [-0.25, -0.2) is 4.39 Å². The van der Waals surface area contributed by atoms with E-state index in [0.717, 1.165) is 5.56 Å². The summed E-state index contributed by atoms with van der Waals surface area (Å²) in [7, 11) is 0. The number of aromatic nitrogens is 2.